The highest BCUT2D eigenvalue weighted by Crippen LogP contribution is 2.10. The van der Waals surface area contributed by atoms with Gasteiger partial charge in [0.1, 0.15) is 12.6 Å². The molecular weight excluding hydrogens is 382 g/mol. The second-order valence-corrected chi connectivity index (χ2v) is 7.62. The van der Waals surface area contributed by atoms with Crippen LogP contribution in [0.25, 0.3) is 0 Å². The summed E-state index contributed by atoms with van der Waals surface area (Å²) in [6, 6.07) is 6.20. The van der Waals surface area contributed by atoms with E-state index in [4.69, 9.17) is 21.2 Å². The average Bonchev–Trinajstić information content (AvgIpc) is 2.60. The van der Waals surface area contributed by atoms with E-state index in [2.05, 4.69) is 15.8 Å². The molecular formula is C20H30ClN3O4. The Bertz CT molecular complexity index is 675. The van der Waals surface area contributed by atoms with E-state index in [0.29, 0.717) is 17.3 Å². The van der Waals surface area contributed by atoms with Gasteiger partial charge in [-0.3, -0.25) is 4.79 Å². The molecule has 0 radical (unpaired) electrons. The number of ether oxygens (including phenoxy) is 1. The van der Waals surface area contributed by atoms with Gasteiger partial charge in [0.25, 0.3) is 0 Å². The average molecular weight is 412 g/mol. The molecule has 0 saturated heterocycles. The minimum Gasteiger partial charge on any atom is -0.447 e. The number of amides is 2. The van der Waals surface area contributed by atoms with Gasteiger partial charge in [-0.05, 0) is 51.3 Å². The number of halogens is 1. The van der Waals surface area contributed by atoms with Gasteiger partial charge in [0.2, 0.25) is 5.91 Å². The predicted molar refractivity (Wildman–Crippen MR) is 110 cm³/mol. The second-order valence-electron chi connectivity index (χ2n) is 7.18. The van der Waals surface area contributed by atoms with Gasteiger partial charge in [-0.15, -0.1) is 0 Å². The van der Waals surface area contributed by atoms with Crippen molar-refractivity contribution in [3.05, 3.63) is 34.9 Å². The molecule has 0 aromatic heterocycles. The van der Waals surface area contributed by atoms with E-state index in [1.165, 1.54) is 0 Å². The Morgan fingerprint density at radius 1 is 1.07 bits per heavy atom. The zero-order valence-corrected chi connectivity index (χ0v) is 18.0. The summed E-state index contributed by atoms with van der Waals surface area (Å²) in [5.41, 5.74) is 1.54. The Hall–Kier alpha value is -2.28. The molecule has 0 spiro atoms. The first-order chi connectivity index (χ1) is 13.1. The van der Waals surface area contributed by atoms with Crippen LogP contribution in [0.2, 0.25) is 5.02 Å². The molecule has 1 unspecified atom stereocenters. The van der Waals surface area contributed by atoms with Gasteiger partial charge in [-0.2, -0.15) is 0 Å². The number of hydrogen-bond acceptors (Lipinski definition) is 5. The molecule has 0 saturated carbocycles. The summed E-state index contributed by atoms with van der Waals surface area (Å²) < 4.78 is 5.05. The first-order valence-electron chi connectivity index (χ1n) is 9.28. The lowest BCUT2D eigenvalue weighted by Crippen LogP contribution is -2.53. The van der Waals surface area contributed by atoms with E-state index in [-0.39, 0.29) is 24.0 Å². The van der Waals surface area contributed by atoms with Crippen molar-refractivity contribution in [2.24, 2.45) is 11.1 Å². The zero-order valence-electron chi connectivity index (χ0n) is 17.3. The van der Waals surface area contributed by atoms with Crippen LogP contribution in [0.4, 0.5) is 4.79 Å². The third kappa shape index (κ3) is 8.61. The molecule has 0 aliphatic rings. The fraction of sp³-hybridized carbons (Fsp3) is 0.550. The van der Waals surface area contributed by atoms with E-state index in [1.807, 2.05) is 26.0 Å². The number of oxime groups is 1. The lowest BCUT2D eigenvalue weighted by molar-refractivity contribution is -0.124. The molecule has 0 aliphatic carbocycles. The summed E-state index contributed by atoms with van der Waals surface area (Å²) in [4.78, 5) is 29.7. The highest BCUT2D eigenvalue weighted by molar-refractivity contribution is 6.30. The lowest BCUT2D eigenvalue weighted by Gasteiger charge is -2.24. The number of alkyl carbamates (subject to hydrolysis) is 1. The van der Waals surface area contributed by atoms with E-state index >= 15 is 0 Å². The standard InChI is InChI=1S/C20H30ClN3O4/c1-12(2)18(23-20(26)28-13(3)4)19(25)22-14(5)15(6)24-27-11-16-7-9-17(21)10-8-16/h7-10,12-14,18H,11H2,1-6H3,(H,22,25)(H,23,26)/b24-15+/t14?,18-/m0/s1. The van der Waals surface area contributed by atoms with Gasteiger partial charge in [0.15, 0.2) is 0 Å². The molecule has 0 heterocycles. The van der Waals surface area contributed by atoms with Gasteiger partial charge in [-0.1, -0.05) is 42.7 Å². The van der Waals surface area contributed by atoms with Crippen molar-refractivity contribution in [1.29, 1.82) is 0 Å². The monoisotopic (exact) mass is 411 g/mol. The van der Waals surface area contributed by atoms with Gasteiger partial charge < -0.3 is 20.2 Å². The number of hydrogen-bond donors (Lipinski definition) is 2. The van der Waals surface area contributed by atoms with E-state index in [0.717, 1.165) is 5.56 Å². The van der Waals surface area contributed by atoms with E-state index < -0.39 is 12.1 Å². The van der Waals surface area contributed by atoms with Crippen LogP contribution < -0.4 is 10.6 Å². The van der Waals surface area contributed by atoms with E-state index in [9.17, 15) is 9.59 Å². The van der Waals surface area contributed by atoms with Crippen molar-refractivity contribution < 1.29 is 19.2 Å². The minimum atomic E-state index is -0.712. The molecule has 0 fully saturated rings. The van der Waals surface area contributed by atoms with Gasteiger partial charge in [0.05, 0.1) is 17.9 Å². The Labute approximate surface area is 171 Å². The summed E-state index contributed by atoms with van der Waals surface area (Å²) in [5.74, 6) is -0.416. The maximum atomic E-state index is 12.6. The fourth-order valence-corrected chi connectivity index (χ4v) is 2.31. The van der Waals surface area contributed by atoms with Gasteiger partial charge >= 0.3 is 6.09 Å². The Morgan fingerprint density at radius 2 is 1.68 bits per heavy atom. The van der Waals surface area contributed by atoms with Crippen molar-refractivity contribution in [1.82, 2.24) is 10.6 Å². The number of carbonyl (C=O) groups is 2. The predicted octanol–water partition coefficient (Wildman–Crippen LogP) is 3.90. The summed E-state index contributed by atoms with van der Waals surface area (Å²) in [5, 5.41) is 10.2. The minimum absolute atomic E-state index is 0.106. The Kier molecular flexibility index (Phi) is 9.79. The van der Waals surface area contributed by atoms with Gasteiger partial charge in [0, 0.05) is 5.02 Å². The van der Waals surface area contributed by atoms with Crippen LogP contribution >= 0.6 is 11.6 Å². The van der Waals surface area contributed by atoms with Crippen LogP contribution in [0.5, 0.6) is 0 Å². The molecule has 2 atom stereocenters. The zero-order chi connectivity index (χ0) is 21.3. The van der Waals surface area contributed by atoms with Crippen LogP contribution in [0.15, 0.2) is 29.4 Å². The van der Waals surface area contributed by atoms with Crippen LogP contribution in [0, 0.1) is 5.92 Å². The maximum Gasteiger partial charge on any atom is 0.408 e. The van der Waals surface area contributed by atoms with Crippen molar-refractivity contribution in [2.75, 3.05) is 0 Å². The molecule has 0 bridgehead atoms. The molecule has 2 amide bonds. The number of benzene rings is 1. The van der Waals surface area contributed by atoms with Crippen molar-refractivity contribution in [2.45, 2.75) is 66.3 Å². The first kappa shape index (κ1) is 23.8. The third-order valence-electron chi connectivity index (χ3n) is 3.90. The molecule has 1 aromatic rings. The lowest BCUT2D eigenvalue weighted by atomic mass is 10.0. The van der Waals surface area contributed by atoms with Gasteiger partial charge in [-0.25, -0.2) is 4.79 Å². The summed E-state index contributed by atoms with van der Waals surface area (Å²) in [7, 11) is 0. The van der Waals surface area contributed by atoms with Crippen LogP contribution in [0.1, 0.15) is 47.1 Å². The van der Waals surface area contributed by atoms with Crippen molar-refractivity contribution in [3.63, 3.8) is 0 Å². The number of rotatable bonds is 9. The largest absolute Gasteiger partial charge is 0.447 e. The van der Waals surface area contributed by atoms with Crippen LogP contribution in [-0.2, 0) is 21.0 Å². The topological polar surface area (TPSA) is 89.0 Å². The molecule has 0 aliphatic heterocycles. The third-order valence-corrected chi connectivity index (χ3v) is 4.16. The highest BCUT2D eigenvalue weighted by atomic mass is 35.5. The van der Waals surface area contributed by atoms with Crippen molar-refractivity contribution in [3.8, 4) is 0 Å². The normalized spacial score (nSPS) is 13.8. The molecule has 8 heteroatoms. The quantitative estimate of drug-likeness (QED) is 0.476. The summed E-state index contributed by atoms with van der Waals surface area (Å²) in [6.45, 7) is 11.0. The Morgan fingerprint density at radius 3 is 2.21 bits per heavy atom. The molecule has 1 rings (SSSR count). The maximum absolute atomic E-state index is 12.6. The number of nitrogens with one attached hydrogen (secondary N) is 2. The Balaban J connectivity index is 2.58. The van der Waals surface area contributed by atoms with Crippen LogP contribution in [-0.4, -0.2) is 35.9 Å². The molecule has 2 N–H and O–H groups in total. The molecule has 28 heavy (non-hydrogen) atoms. The summed E-state index contributed by atoms with van der Waals surface area (Å²) >= 11 is 5.85. The molecule has 7 nitrogen and oxygen atoms in total. The smallest absolute Gasteiger partial charge is 0.408 e. The molecule has 1 aromatic carbocycles. The molecule has 156 valence electrons. The first-order valence-corrected chi connectivity index (χ1v) is 9.66. The van der Waals surface area contributed by atoms with Crippen LogP contribution in [0.3, 0.4) is 0 Å². The highest BCUT2D eigenvalue weighted by Gasteiger charge is 2.26. The van der Waals surface area contributed by atoms with Crippen molar-refractivity contribution >= 4 is 29.3 Å². The number of nitrogens with zero attached hydrogens (tertiary/aromatic N) is 1. The SMILES string of the molecule is C/C(=N\OCc1ccc(Cl)cc1)C(C)NC(=O)[C@@H](NC(=O)OC(C)C)C(C)C. The number of carbonyl (C=O) groups excluding carboxylic acids is 2. The fourth-order valence-electron chi connectivity index (χ4n) is 2.19. The second kappa shape index (κ2) is 11.5. The summed E-state index contributed by atoms with van der Waals surface area (Å²) in [6.07, 6.45) is -0.879. The van der Waals surface area contributed by atoms with E-state index in [1.54, 1.807) is 39.8 Å².